The Labute approximate surface area is 215 Å². The monoisotopic (exact) mass is 591 g/mol. The molecular weight excluding hydrogens is 566 g/mol. The quantitative estimate of drug-likeness (QED) is 0.360. The summed E-state index contributed by atoms with van der Waals surface area (Å²) in [5, 5.41) is 3.00. The zero-order chi connectivity index (χ0) is 24.4. The number of carbonyl (C=O) groups is 3. The maximum Gasteiger partial charge on any atom is 0.322 e. The van der Waals surface area contributed by atoms with Gasteiger partial charge in [0, 0.05) is 52.3 Å². The van der Waals surface area contributed by atoms with Crippen molar-refractivity contribution in [1.29, 1.82) is 0 Å². The van der Waals surface area contributed by atoms with Crippen molar-refractivity contribution < 1.29 is 14.4 Å². The average molecular weight is 593 g/mol. The van der Waals surface area contributed by atoms with Crippen LogP contribution in [0.5, 0.6) is 0 Å². The lowest BCUT2D eigenvalue weighted by molar-refractivity contribution is -0.134. The Bertz CT molecular complexity index is 1090. The number of rotatable bonds is 5. The van der Waals surface area contributed by atoms with Crippen LogP contribution in [0.3, 0.4) is 0 Å². The molecule has 0 spiro atoms. The van der Waals surface area contributed by atoms with Crippen LogP contribution in [-0.2, 0) is 11.2 Å². The number of Topliss-reactive ketones (excluding diaryl/α,β-unsaturated/α-hetero) is 1. The minimum Gasteiger partial charge on any atom is -0.397 e. The molecule has 4 rings (SSSR count). The summed E-state index contributed by atoms with van der Waals surface area (Å²) in [4.78, 5) is 42.0. The van der Waals surface area contributed by atoms with E-state index in [2.05, 4.69) is 37.2 Å². The van der Waals surface area contributed by atoms with Gasteiger partial charge in [0.15, 0.2) is 5.78 Å². The lowest BCUT2D eigenvalue weighted by atomic mass is 9.99. The Morgan fingerprint density at radius 1 is 1.09 bits per heavy atom. The summed E-state index contributed by atoms with van der Waals surface area (Å²) in [6, 6.07) is 10.1. The fraction of sp³-hybridized carbons (Fsp3) is 0.375. The third-order valence-electron chi connectivity index (χ3n) is 6.48. The van der Waals surface area contributed by atoms with E-state index in [0.29, 0.717) is 52.7 Å². The topological polar surface area (TPSA) is 122 Å². The number of hydrogen-bond acceptors (Lipinski definition) is 5. The molecule has 8 nitrogen and oxygen atoms in total. The molecule has 2 aliphatic rings. The highest BCUT2D eigenvalue weighted by atomic mass is 79.9. The predicted molar refractivity (Wildman–Crippen MR) is 139 cm³/mol. The summed E-state index contributed by atoms with van der Waals surface area (Å²) in [5.74, 6) is -0.467. The predicted octanol–water partition coefficient (Wildman–Crippen LogP) is 3.78. The van der Waals surface area contributed by atoms with Gasteiger partial charge in [-0.05, 0) is 74.9 Å². The van der Waals surface area contributed by atoms with Crippen LogP contribution in [0.15, 0.2) is 45.3 Å². The van der Waals surface area contributed by atoms with Crippen molar-refractivity contribution in [3.63, 3.8) is 0 Å². The highest BCUT2D eigenvalue weighted by Gasteiger charge is 2.33. The number of para-hydroxylation sites is 1. The van der Waals surface area contributed by atoms with E-state index in [1.54, 1.807) is 17.0 Å². The number of hydrogen-bond donors (Lipinski definition) is 3. The van der Waals surface area contributed by atoms with Gasteiger partial charge in [0.25, 0.3) is 0 Å². The fourth-order valence-corrected chi connectivity index (χ4v) is 5.71. The molecule has 0 saturated carbocycles. The summed E-state index contributed by atoms with van der Waals surface area (Å²) in [6.07, 6.45) is 2.05. The molecule has 5 N–H and O–H groups in total. The SMILES string of the molecule is Nc1c(Br)cc(C(=O)C[C@@H](N)C(=O)N2CCC(N3CCc4ccccc4NC3=O)CC2)cc1Br. The summed E-state index contributed by atoms with van der Waals surface area (Å²) in [7, 11) is 0. The Morgan fingerprint density at radius 3 is 2.41 bits per heavy atom. The molecule has 10 heteroatoms. The van der Waals surface area contributed by atoms with Crippen molar-refractivity contribution in [2.24, 2.45) is 5.73 Å². The number of benzene rings is 2. The van der Waals surface area contributed by atoms with Crippen molar-refractivity contribution in [3.8, 4) is 0 Å². The number of anilines is 2. The number of fused-ring (bicyclic) bond motifs is 1. The number of halogens is 2. The molecule has 180 valence electrons. The average Bonchev–Trinajstić information content (AvgIpc) is 2.99. The minimum atomic E-state index is -0.921. The third kappa shape index (κ3) is 5.29. The second kappa shape index (κ2) is 10.5. The zero-order valence-corrected chi connectivity index (χ0v) is 21.8. The van der Waals surface area contributed by atoms with Crippen molar-refractivity contribution in [1.82, 2.24) is 9.80 Å². The van der Waals surface area contributed by atoms with Crippen LogP contribution in [0.4, 0.5) is 16.2 Å². The molecule has 0 aliphatic carbocycles. The molecule has 0 radical (unpaired) electrons. The van der Waals surface area contributed by atoms with Gasteiger partial charge in [0.1, 0.15) is 0 Å². The highest BCUT2D eigenvalue weighted by molar-refractivity contribution is 9.11. The summed E-state index contributed by atoms with van der Waals surface area (Å²) < 4.78 is 1.21. The Hall–Kier alpha value is -2.43. The molecule has 1 saturated heterocycles. The number of ketones is 1. The van der Waals surface area contributed by atoms with E-state index in [1.807, 2.05) is 29.2 Å². The molecule has 34 heavy (non-hydrogen) atoms. The van der Waals surface area contributed by atoms with Gasteiger partial charge in [-0.15, -0.1) is 0 Å². The Balaban J connectivity index is 1.32. The van der Waals surface area contributed by atoms with Gasteiger partial charge in [-0.1, -0.05) is 18.2 Å². The van der Waals surface area contributed by atoms with Crippen LogP contribution in [0.25, 0.3) is 0 Å². The smallest absolute Gasteiger partial charge is 0.322 e. The normalized spacial score (nSPS) is 17.6. The van der Waals surface area contributed by atoms with Gasteiger partial charge in [-0.3, -0.25) is 9.59 Å². The van der Waals surface area contributed by atoms with E-state index in [0.717, 1.165) is 17.7 Å². The maximum absolute atomic E-state index is 12.9. The maximum atomic E-state index is 12.9. The highest BCUT2D eigenvalue weighted by Crippen LogP contribution is 2.30. The van der Waals surface area contributed by atoms with Crippen LogP contribution < -0.4 is 16.8 Å². The minimum absolute atomic E-state index is 0.0562. The van der Waals surface area contributed by atoms with Gasteiger partial charge in [-0.2, -0.15) is 0 Å². The molecular formula is C24H27Br2N5O3. The molecule has 0 bridgehead atoms. The number of nitrogens with zero attached hydrogens (tertiary/aromatic N) is 2. The summed E-state index contributed by atoms with van der Waals surface area (Å²) in [5.41, 5.74) is 14.9. The van der Waals surface area contributed by atoms with Crippen molar-refractivity contribution in [3.05, 3.63) is 56.5 Å². The van der Waals surface area contributed by atoms with Crippen molar-refractivity contribution in [2.45, 2.75) is 37.8 Å². The van der Waals surface area contributed by atoms with Crippen LogP contribution in [0.1, 0.15) is 35.2 Å². The largest absolute Gasteiger partial charge is 0.397 e. The second-order valence-electron chi connectivity index (χ2n) is 8.67. The van der Waals surface area contributed by atoms with Gasteiger partial charge < -0.3 is 26.6 Å². The van der Waals surface area contributed by atoms with E-state index in [9.17, 15) is 14.4 Å². The Morgan fingerprint density at radius 2 is 1.74 bits per heavy atom. The number of piperidine rings is 1. The molecule has 0 aromatic heterocycles. The van der Waals surface area contributed by atoms with Crippen LogP contribution >= 0.6 is 31.9 Å². The number of likely N-dealkylation sites (tertiary alicyclic amines) is 1. The van der Waals surface area contributed by atoms with Gasteiger partial charge in [-0.25, -0.2) is 4.79 Å². The number of urea groups is 1. The number of amides is 3. The lowest BCUT2D eigenvalue weighted by Crippen LogP contribution is -2.53. The first kappa shape index (κ1) is 24.7. The Kier molecular flexibility index (Phi) is 7.59. The second-order valence-corrected chi connectivity index (χ2v) is 10.4. The standard InChI is InChI=1S/C24H27Br2N5O3/c25-17-11-15(12-18(26)22(17)28)21(32)13-19(27)23(33)30-8-6-16(7-9-30)31-10-5-14-3-1-2-4-20(14)29-24(31)34/h1-4,11-12,16,19H,5-10,13,27-28H2,(H,29,34)/t19-/m1/s1. The summed E-state index contributed by atoms with van der Waals surface area (Å²) >= 11 is 6.67. The van der Waals surface area contributed by atoms with Crippen LogP contribution in [0.2, 0.25) is 0 Å². The summed E-state index contributed by atoms with van der Waals surface area (Å²) in [6.45, 7) is 1.64. The molecule has 2 aliphatic heterocycles. The number of nitrogens with two attached hydrogens (primary N) is 2. The van der Waals surface area contributed by atoms with E-state index in [-0.39, 0.29) is 30.2 Å². The van der Waals surface area contributed by atoms with Crippen molar-refractivity contribution in [2.75, 3.05) is 30.7 Å². The van der Waals surface area contributed by atoms with Crippen molar-refractivity contribution >= 4 is 61.0 Å². The van der Waals surface area contributed by atoms with E-state index in [4.69, 9.17) is 11.5 Å². The van der Waals surface area contributed by atoms with E-state index in [1.165, 1.54) is 0 Å². The zero-order valence-electron chi connectivity index (χ0n) is 18.6. The fourth-order valence-electron chi connectivity index (χ4n) is 4.52. The molecule has 3 amide bonds. The molecule has 1 atom stereocenters. The first-order valence-corrected chi connectivity index (χ1v) is 12.8. The molecule has 2 aromatic carbocycles. The molecule has 2 aromatic rings. The van der Waals surface area contributed by atoms with Crippen LogP contribution in [-0.4, -0.2) is 59.2 Å². The number of nitrogens with one attached hydrogen (secondary N) is 1. The first-order chi connectivity index (χ1) is 16.2. The third-order valence-corrected chi connectivity index (χ3v) is 7.79. The van der Waals surface area contributed by atoms with E-state index < -0.39 is 6.04 Å². The molecule has 0 unspecified atom stereocenters. The number of carbonyl (C=O) groups excluding carboxylic acids is 3. The van der Waals surface area contributed by atoms with Gasteiger partial charge >= 0.3 is 6.03 Å². The van der Waals surface area contributed by atoms with Crippen LogP contribution in [0, 0.1) is 0 Å². The molecule has 1 fully saturated rings. The lowest BCUT2D eigenvalue weighted by Gasteiger charge is -2.38. The molecule has 2 heterocycles. The number of nitrogen functional groups attached to an aromatic ring is 1. The van der Waals surface area contributed by atoms with Gasteiger partial charge in [0.2, 0.25) is 5.91 Å². The first-order valence-electron chi connectivity index (χ1n) is 11.2. The van der Waals surface area contributed by atoms with E-state index >= 15 is 0 Å². The van der Waals surface area contributed by atoms with Gasteiger partial charge in [0.05, 0.1) is 11.7 Å².